The number of alkyl carbamates (subject to hydrolysis) is 1. The van der Waals surface area contributed by atoms with Gasteiger partial charge >= 0.3 is 18.0 Å². The number of carbonyl (C=O) groups is 3. The Bertz CT molecular complexity index is 1410. The molecule has 3 rings (SSSR count). The van der Waals surface area contributed by atoms with Crippen LogP contribution in [-0.4, -0.2) is 35.3 Å². The molecule has 12 heteroatoms. The summed E-state index contributed by atoms with van der Waals surface area (Å²) in [5.74, 6) is -18.0. The van der Waals surface area contributed by atoms with Gasteiger partial charge in [-0.05, 0) is 56.0 Å². The lowest BCUT2D eigenvalue weighted by atomic mass is 9.87. The average Bonchev–Trinajstić information content (AvgIpc) is 2.90. The molecule has 212 valence electrons. The second-order valence-corrected chi connectivity index (χ2v) is 9.56. The lowest BCUT2D eigenvalue weighted by molar-refractivity contribution is -0.136. The molecule has 3 aromatic rings. The highest BCUT2D eigenvalue weighted by atomic mass is 19.2. The van der Waals surface area contributed by atoms with Crippen LogP contribution in [0.2, 0.25) is 0 Å². The van der Waals surface area contributed by atoms with E-state index in [9.17, 15) is 41.4 Å². The average molecular weight is 565 g/mol. The molecule has 40 heavy (non-hydrogen) atoms. The molecular formula is C28H24F5NO6. The molecule has 0 saturated heterocycles. The molecule has 7 nitrogen and oxygen atoms in total. The minimum atomic E-state index is -2.44. The van der Waals surface area contributed by atoms with E-state index >= 15 is 0 Å². The summed E-state index contributed by atoms with van der Waals surface area (Å²) in [5.41, 5.74) is -0.273. The second kappa shape index (κ2) is 12.1. The van der Waals surface area contributed by atoms with Crippen LogP contribution in [0.3, 0.4) is 0 Å². The molecule has 0 unspecified atom stereocenters. The van der Waals surface area contributed by atoms with Crippen molar-refractivity contribution in [3.63, 3.8) is 0 Å². The van der Waals surface area contributed by atoms with Gasteiger partial charge in [0.2, 0.25) is 34.8 Å². The third-order valence-electron chi connectivity index (χ3n) is 5.52. The van der Waals surface area contributed by atoms with Gasteiger partial charge in [0, 0.05) is 6.54 Å². The third-order valence-corrected chi connectivity index (χ3v) is 5.52. The Kier molecular flexibility index (Phi) is 9.13. The fraction of sp³-hybridized carbons (Fsp3) is 0.250. The van der Waals surface area contributed by atoms with Gasteiger partial charge in [-0.25, -0.2) is 22.8 Å². The summed E-state index contributed by atoms with van der Waals surface area (Å²) >= 11 is 0. The number of aromatic carboxylic acids is 1. The van der Waals surface area contributed by atoms with Crippen LogP contribution >= 0.6 is 0 Å². The maximum Gasteiger partial charge on any atom is 0.407 e. The number of amides is 1. The van der Waals surface area contributed by atoms with Gasteiger partial charge in [-0.1, -0.05) is 36.4 Å². The molecule has 1 atom stereocenters. The van der Waals surface area contributed by atoms with E-state index in [0.717, 1.165) is 6.07 Å². The number of esters is 1. The highest BCUT2D eigenvalue weighted by Crippen LogP contribution is 2.35. The Morgan fingerprint density at radius 1 is 0.875 bits per heavy atom. The van der Waals surface area contributed by atoms with Crippen molar-refractivity contribution in [1.29, 1.82) is 0 Å². The van der Waals surface area contributed by atoms with E-state index in [4.69, 9.17) is 9.47 Å². The van der Waals surface area contributed by atoms with E-state index in [2.05, 4.69) is 5.32 Å². The van der Waals surface area contributed by atoms with Crippen LogP contribution in [-0.2, 0) is 9.53 Å². The van der Waals surface area contributed by atoms with Crippen LogP contribution in [0.25, 0.3) is 11.1 Å². The first kappa shape index (κ1) is 30.1. The van der Waals surface area contributed by atoms with Gasteiger partial charge in [0.15, 0.2) is 0 Å². The third kappa shape index (κ3) is 6.93. The van der Waals surface area contributed by atoms with Crippen LogP contribution in [0.4, 0.5) is 26.7 Å². The number of nitrogens with one attached hydrogen (secondary N) is 1. The quantitative estimate of drug-likeness (QED) is 0.109. The maximum atomic E-state index is 14.3. The topological polar surface area (TPSA) is 102 Å². The zero-order valence-corrected chi connectivity index (χ0v) is 21.5. The zero-order valence-electron chi connectivity index (χ0n) is 21.5. The van der Waals surface area contributed by atoms with Gasteiger partial charge < -0.3 is 19.9 Å². The van der Waals surface area contributed by atoms with Crippen LogP contribution < -0.4 is 10.1 Å². The lowest BCUT2D eigenvalue weighted by Gasteiger charge is -2.22. The van der Waals surface area contributed by atoms with Crippen molar-refractivity contribution in [2.45, 2.75) is 38.7 Å². The van der Waals surface area contributed by atoms with Crippen molar-refractivity contribution in [2.75, 3.05) is 6.54 Å². The van der Waals surface area contributed by atoms with Crippen molar-refractivity contribution >= 4 is 18.0 Å². The van der Waals surface area contributed by atoms with Gasteiger partial charge in [0.05, 0.1) is 11.5 Å². The van der Waals surface area contributed by atoms with Crippen LogP contribution in [0.15, 0.2) is 48.5 Å². The summed E-state index contributed by atoms with van der Waals surface area (Å²) in [5, 5.41) is 11.9. The molecule has 0 aromatic heterocycles. The van der Waals surface area contributed by atoms with Gasteiger partial charge in [-0.2, -0.15) is 8.78 Å². The molecule has 1 amide bonds. The summed E-state index contributed by atoms with van der Waals surface area (Å²) in [7, 11) is 0. The first-order chi connectivity index (χ1) is 18.7. The first-order valence-corrected chi connectivity index (χ1v) is 11.8. The minimum absolute atomic E-state index is 0.00552. The van der Waals surface area contributed by atoms with Crippen molar-refractivity contribution < 1.29 is 50.9 Å². The molecule has 3 aromatic carbocycles. The Morgan fingerprint density at radius 2 is 1.45 bits per heavy atom. The Labute approximate surface area is 225 Å². The van der Waals surface area contributed by atoms with E-state index < -0.39 is 64.4 Å². The van der Waals surface area contributed by atoms with Gasteiger partial charge in [-0.15, -0.1) is 0 Å². The second-order valence-electron chi connectivity index (χ2n) is 9.56. The van der Waals surface area contributed by atoms with E-state index in [0.29, 0.717) is 11.1 Å². The largest absolute Gasteiger partial charge is 0.478 e. The SMILES string of the molecule is CC(C)(C)OC(=O)NCC[C@H](C(=O)Oc1c(F)c(F)c(F)c(F)c1F)c1cc(C(=O)O)ccc1-c1ccccc1. The number of hydrogen-bond acceptors (Lipinski definition) is 5. The fourth-order valence-corrected chi connectivity index (χ4v) is 3.74. The fourth-order valence-electron chi connectivity index (χ4n) is 3.74. The van der Waals surface area contributed by atoms with Crippen LogP contribution in [0, 0.1) is 29.1 Å². The highest BCUT2D eigenvalue weighted by Gasteiger charge is 2.33. The van der Waals surface area contributed by atoms with Crippen molar-refractivity contribution in [1.82, 2.24) is 5.32 Å². The summed E-state index contributed by atoms with van der Waals surface area (Å²) in [4.78, 5) is 37.1. The van der Waals surface area contributed by atoms with E-state index in [-0.39, 0.29) is 24.1 Å². The Morgan fingerprint density at radius 3 is 2.00 bits per heavy atom. The number of carbonyl (C=O) groups excluding carboxylic acids is 2. The zero-order chi connectivity index (χ0) is 29.8. The van der Waals surface area contributed by atoms with Gasteiger partial charge in [-0.3, -0.25) is 4.79 Å². The molecule has 0 heterocycles. The van der Waals surface area contributed by atoms with Crippen molar-refractivity contribution in [3.8, 4) is 16.9 Å². The van der Waals surface area contributed by atoms with E-state index in [1.54, 1.807) is 51.1 Å². The van der Waals surface area contributed by atoms with Gasteiger partial charge in [0.25, 0.3) is 0 Å². The summed E-state index contributed by atoms with van der Waals surface area (Å²) in [6.45, 7) is 4.55. The molecule has 0 bridgehead atoms. The molecular weight excluding hydrogens is 541 g/mol. The highest BCUT2D eigenvalue weighted by molar-refractivity contribution is 5.91. The van der Waals surface area contributed by atoms with Crippen LogP contribution in [0.5, 0.6) is 5.75 Å². The summed E-state index contributed by atoms with van der Waals surface area (Å²) in [6, 6.07) is 12.1. The first-order valence-electron chi connectivity index (χ1n) is 11.8. The molecule has 0 aliphatic heterocycles. The van der Waals surface area contributed by atoms with E-state index in [1.165, 1.54) is 12.1 Å². The number of rotatable bonds is 8. The molecule has 0 aliphatic rings. The van der Waals surface area contributed by atoms with Crippen molar-refractivity contribution in [2.24, 2.45) is 0 Å². The maximum absolute atomic E-state index is 14.3. The smallest absolute Gasteiger partial charge is 0.407 e. The number of ether oxygens (including phenoxy) is 2. The molecule has 2 N–H and O–H groups in total. The van der Waals surface area contributed by atoms with Crippen molar-refractivity contribution in [3.05, 3.63) is 88.7 Å². The summed E-state index contributed by atoms with van der Waals surface area (Å²) < 4.78 is 79.5. The number of benzene rings is 3. The van der Waals surface area contributed by atoms with E-state index in [1.807, 2.05) is 0 Å². The standard InChI is InChI=1S/C28H24F5NO6/c1-28(2,3)40-27(38)34-12-11-17(26(37)39-24-22(32)20(30)19(29)21(31)23(24)33)18-13-15(25(35)36)9-10-16(18)14-7-5-4-6-8-14/h4-10,13,17H,11-12H2,1-3H3,(H,34,38)(H,35,36)/t17-/m0/s1. The molecule has 0 fully saturated rings. The number of carboxylic acid groups (broad SMARTS) is 1. The molecule has 0 spiro atoms. The lowest BCUT2D eigenvalue weighted by Crippen LogP contribution is -2.34. The normalized spacial score (nSPS) is 12.0. The monoisotopic (exact) mass is 565 g/mol. The predicted molar refractivity (Wildman–Crippen MR) is 132 cm³/mol. The van der Waals surface area contributed by atoms with Gasteiger partial charge in [0.1, 0.15) is 5.60 Å². The molecule has 0 aliphatic carbocycles. The summed E-state index contributed by atoms with van der Waals surface area (Å²) in [6.07, 6.45) is -1.20. The number of carboxylic acids is 1. The number of halogens is 5. The number of hydrogen-bond donors (Lipinski definition) is 2. The molecule has 0 saturated carbocycles. The predicted octanol–water partition coefficient (Wildman–Crippen LogP) is 6.35. The van der Waals surface area contributed by atoms with Crippen LogP contribution in [0.1, 0.15) is 49.0 Å². The Hall–Kier alpha value is -4.48. The minimum Gasteiger partial charge on any atom is -0.478 e. The Balaban J connectivity index is 2.08. The molecule has 0 radical (unpaired) electrons.